The van der Waals surface area contributed by atoms with Gasteiger partial charge in [-0.1, -0.05) is 12.1 Å². The molecule has 1 fully saturated rings. The van der Waals surface area contributed by atoms with Gasteiger partial charge in [-0.25, -0.2) is 22.2 Å². The molecule has 0 unspecified atom stereocenters. The van der Waals surface area contributed by atoms with Gasteiger partial charge in [0.2, 0.25) is 15.0 Å². The number of pyridine rings is 1. The molecule has 8 nitrogen and oxygen atoms in total. The summed E-state index contributed by atoms with van der Waals surface area (Å²) in [7, 11) is -4.01. The number of carbonyl (C=O) groups is 1. The summed E-state index contributed by atoms with van der Waals surface area (Å²) < 4.78 is 55.2. The molecule has 1 aliphatic carbocycles. The highest BCUT2D eigenvalue weighted by molar-refractivity contribution is 7.90. The number of hydrogen-bond acceptors (Lipinski definition) is 6. The maximum Gasteiger partial charge on any atom is 0.256 e. The van der Waals surface area contributed by atoms with Gasteiger partial charge >= 0.3 is 0 Å². The number of para-hydroxylation sites is 1. The Hall–Kier alpha value is -3.99. The first-order chi connectivity index (χ1) is 17.5. The quantitative estimate of drug-likeness (QED) is 0.386. The van der Waals surface area contributed by atoms with Crippen LogP contribution in [0.15, 0.2) is 58.5 Å². The molecule has 1 aliphatic rings. The van der Waals surface area contributed by atoms with Gasteiger partial charge in [0.25, 0.3) is 11.5 Å². The van der Waals surface area contributed by atoms with E-state index in [1.807, 2.05) is 0 Å². The van der Waals surface area contributed by atoms with Crippen molar-refractivity contribution >= 4 is 26.8 Å². The topological polar surface area (TPSA) is 111 Å². The molecule has 5 rings (SSSR count). The summed E-state index contributed by atoms with van der Waals surface area (Å²) in [6.45, 7) is 2.32. The highest BCUT2D eigenvalue weighted by atomic mass is 32.2. The molecular weight excluding hydrogens is 502 g/mol. The molecule has 4 aromatic rings. The highest BCUT2D eigenvalue weighted by Crippen LogP contribution is 2.32. The molecule has 1 amide bonds. The van der Waals surface area contributed by atoms with E-state index in [4.69, 9.17) is 0 Å². The van der Waals surface area contributed by atoms with Crippen LogP contribution < -0.4 is 10.9 Å². The predicted molar refractivity (Wildman–Crippen MR) is 133 cm³/mol. The van der Waals surface area contributed by atoms with Crippen molar-refractivity contribution in [1.29, 1.82) is 0 Å². The van der Waals surface area contributed by atoms with E-state index < -0.39 is 37.9 Å². The number of aryl methyl sites for hydroxylation is 1. The van der Waals surface area contributed by atoms with Crippen molar-refractivity contribution in [3.05, 3.63) is 81.6 Å². The lowest BCUT2D eigenvalue weighted by Gasteiger charge is -2.16. The minimum atomic E-state index is -4.01. The van der Waals surface area contributed by atoms with E-state index in [9.17, 15) is 26.8 Å². The third kappa shape index (κ3) is 4.74. The molecule has 2 heterocycles. The fourth-order valence-electron chi connectivity index (χ4n) is 4.06. The molecule has 0 spiro atoms. The number of halogens is 2. The molecule has 190 valence electrons. The second kappa shape index (κ2) is 9.15. The zero-order valence-electron chi connectivity index (χ0n) is 20.0. The number of hydrogen-bond donors (Lipinski definition) is 1. The Labute approximate surface area is 210 Å². The van der Waals surface area contributed by atoms with E-state index in [-0.39, 0.29) is 22.6 Å². The highest BCUT2D eigenvalue weighted by Gasteiger charge is 2.24. The maximum atomic E-state index is 14.7. The molecule has 0 saturated heterocycles. The van der Waals surface area contributed by atoms with Crippen molar-refractivity contribution in [1.82, 2.24) is 19.9 Å². The van der Waals surface area contributed by atoms with E-state index in [1.165, 1.54) is 6.07 Å². The number of nitrogens with zero attached hydrogens (tertiary/aromatic N) is 3. The van der Waals surface area contributed by atoms with Crippen LogP contribution in [0.4, 0.5) is 8.78 Å². The van der Waals surface area contributed by atoms with Crippen LogP contribution in [0, 0.1) is 24.5 Å². The molecule has 0 atom stereocenters. The molecular formula is C26H22F2N4O4S. The first-order valence-corrected chi connectivity index (χ1v) is 13.4. The summed E-state index contributed by atoms with van der Waals surface area (Å²) in [4.78, 5) is 33.9. The number of fused-ring (bicyclic) bond motifs is 1. The summed E-state index contributed by atoms with van der Waals surface area (Å²) in [5.74, 6) is -1.87. The van der Waals surface area contributed by atoms with Crippen LogP contribution >= 0.6 is 0 Å². The van der Waals surface area contributed by atoms with E-state index in [0.29, 0.717) is 33.7 Å². The summed E-state index contributed by atoms with van der Waals surface area (Å²) >= 11 is 0. The second-order valence-electron chi connectivity index (χ2n) is 9.12. The summed E-state index contributed by atoms with van der Waals surface area (Å²) in [6.07, 6.45) is 3.04. The van der Waals surface area contributed by atoms with E-state index in [0.717, 1.165) is 43.4 Å². The van der Waals surface area contributed by atoms with E-state index in [1.54, 1.807) is 25.1 Å². The standard InChI is InChI=1S/C26H22F2N4O4S/c1-14-6-9-16(25(34)29-13-15-7-8-15)12-18(14)22-17-10-11-21(33)32(23-19(27)4-3-5-20(23)28)24(17)31-26(30-22)37(2,35)36/h3-6,9-12,15H,7-8,13H2,1-2H3,(H,29,34). The van der Waals surface area contributed by atoms with Crippen LogP contribution in [0.5, 0.6) is 0 Å². The first-order valence-electron chi connectivity index (χ1n) is 11.5. The van der Waals surface area contributed by atoms with E-state index in [2.05, 4.69) is 15.3 Å². The molecule has 0 aliphatic heterocycles. The zero-order chi connectivity index (χ0) is 26.5. The average molecular weight is 525 g/mol. The summed E-state index contributed by atoms with van der Waals surface area (Å²) in [5.41, 5.74) is -0.279. The molecule has 1 N–H and O–H groups in total. The summed E-state index contributed by atoms with van der Waals surface area (Å²) in [5, 5.41) is 2.43. The molecule has 2 aromatic heterocycles. The number of carbonyl (C=O) groups excluding carboxylic acids is 1. The van der Waals surface area contributed by atoms with Crippen LogP contribution in [-0.4, -0.2) is 41.7 Å². The minimum Gasteiger partial charge on any atom is -0.352 e. The van der Waals surface area contributed by atoms with Gasteiger partial charge < -0.3 is 5.32 Å². The second-order valence-corrected chi connectivity index (χ2v) is 11.0. The monoisotopic (exact) mass is 524 g/mol. The lowest BCUT2D eigenvalue weighted by atomic mass is 9.99. The first kappa shape index (κ1) is 24.7. The predicted octanol–water partition coefficient (Wildman–Crippen LogP) is 3.58. The molecule has 2 aromatic carbocycles. The van der Waals surface area contributed by atoms with Gasteiger partial charge in [0.05, 0.1) is 5.69 Å². The third-order valence-corrected chi connectivity index (χ3v) is 7.07. The van der Waals surface area contributed by atoms with Crippen LogP contribution in [0.3, 0.4) is 0 Å². The Kier molecular flexibility index (Phi) is 6.10. The van der Waals surface area contributed by atoms with Crippen molar-refractivity contribution in [3.63, 3.8) is 0 Å². The van der Waals surface area contributed by atoms with Crippen LogP contribution in [0.25, 0.3) is 28.0 Å². The zero-order valence-corrected chi connectivity index (χ0v) is 20.8. The molecule has 1 saturated carbocycles. The molecule has 0 bridgehead atoms. The Morgan fingerprint density at radius 2 is 1.78 bits per heavy atom. The van der Waals surface area contributed by atoms with Crippen molar-refractivity contribution in [2.24, 2.45) is 5.92 Å². The Balaban J connectivity index is 1.80. The minimum absolute atomic E-state index is 0.102. The van der Waals surface area contributed by atoms with Gasteiger partial charge in [-0.2, -0.15) is 4.98 Å². The Bertz CT molecular complexity index is 1730. The van der Waals surface area contributed by atoms with Gasteiger partial charge in [0.15, 0.2) is 5.65 Å². The number of sulfone groups is 1. The lowest BCUT2D eigenvalue weighted by molar-refractivity contribution is 0.0952. The van der Waals surface area contributed by atoms with Crippen molar-refractivity contribution in [3.8, 4) is 16.9 Å². The third-order valence-electron chi connectivity index (χ3n) is 6.23. The van der Waals surface area contributed by atoms with Gasteiger partial charge in [-0.3, -0.25) is 14.2 Å². The number of amides is 1. The fraction of sp³-hybridized carbons (Fsp3) is 0.231. The van der Waals surface area contributed by atoms with Crippen molar-refractivity contribution in [2.75, 3.05) is 12.8 Å². The molecule has 37 heavy (non-hydrogen) atoms. The molecule has 0 radical (unpaired) electrons. The summed E-state index contributed by atoms with van der Waals surface area (Å²) in [6, 6.07) is 10.5. The van der Waals surface area contributed by atoms with Crippen molar-refractivity contribution in [2.45, 2.75) is 24.9 Å². The van der Waals surface area contributed by atoms with Crippen molar-refractivity contribution < 1.29 is 22.0 Å². The number of aromatic nitrogens is 3. The molecule has 11 heteroatoms. The fourth-order valence-corrected chi connectivity index (χ4v) is 4.57. The van der Waals surface area contributed by atoms with Crippen LogP contribution in [-0.2, 0) is 9.84 Å². The van der Waals surface area contributed by atoms with E-state index >= 15 is 0 Å². The number of nitrogens with one attached hydrogen (secondary N) is 1. The van der Waals surface area contributed by atoms with Gasteiger partial charge in [-0.05, 0) is 61.6 Å². The largest absolute Gasteiger partial charge is 0.352 e. The van der Waals surface area contributed by atoms with Crippen LogP contribution in [0.2, 0.25) is 0 Å². The Morgan fingerprint density at radius 1 is 1.08 bits per heavy atom. The van der Waals surface area contributed by atoms with Gasteiger partial charge in [-0.15, -0.1) is 0 Å². The lowest BCUT2D eigenvalue weighted by Crippen LogP contribution is -2.25. The Morgan fingerprint density at radius 3 is 2.43 bits per heavy atom. The average Bonchev–Trinajstić information content (AvgIpc) is 3.67. The van der Waals surface area contributed by atoms with Crippen LogP contribution in [0.1, 0.15) is 28.8 Å². The van der Waals surface area contributed by atoms with Gasteiger partial charge in [0, 0.05) is 35.4 Å². The number of rotatable bonds is 6. The normalized spacial score (nSPS) is 13.6. The number of benzene rings is 2. The SMILES string of the molecule is Cc1ccc(C(=O)NCC2CC2)cc1-c1nc(S(C)(=O)=O)nc2c1ccc(=O)n2-c1c(F)cccc1F. The maximum absolute atomic E-state index is 14.7. The smallest absolute Gasteiger partial charge is 0.256 e. The van der Waals surface area contributed by atoms with Gasteiger partial charge in [0.1, 0.15) is 17.3 Å².